The van der Waals surface area contributed by atoms with Gasteiger partial charge in [0.25, 0.3) is 6.43 Å². The Balaban J connectivity index is 4.12. The number of nitrogens with zero attached hydrogens (tertiary/aromatic N) is 1. The van der Waals surface area contributed by atoms with Gasteiger partial charge in [0, 0.05) is 0 Å². The SMILES string of the molecule is FC(F)C(O[SiH3])C(F)N=C=S. The van der Waals surface area contributed by atoms with Crippen LogP contribution in [0.1, 0.15) is 0 Å². The lowest BCUT2D eigenvalue weighted by Crippen LogP contribution is -2.30. The van der Waals surface area contributed by atoms with Crippen LogP contribution in [-0.4, -0.2) is 34.5 Å². The fourth-order valence-corrected chi connectivity index (χ4v) is 0.990. The lowest BCUT2D eigenvalue weighted by molar-refractivity contribution is -0.0259. The Kier molecular flexibility index (Phi) is 5.31. The van der Waals surface area contributed by atoms with Crippen LogP contribution in [0.5, 0.6) is 0 Å². The first kappa shape index (κ1) is 10.8. The van der Waals surface area contributed by atoms with Gasteiger partial charge in [-0.3, -0.25) is 0 Å². The van der Waals surface area contributed by atoms with Crippen LogP contribution in [0.2, 0.25) is 0 Å². The molecule has 0 saturated carbocycles. The Morgan fingerprint density at radius 2 is 2.00 bits per heavy atom. The lowest BCUT2D eigenvalue weighted by Gasteiger charge is -2.14. The average molecular weight is 201 g/mol. The van der Waals surface area contributed by atoms with Crippen molar-refractivity contribution in [1.82, 2.24) is 0 Å². The van der Waals surface area contributed by atoms with Gasteiger partial charge in [0.05, 0.1) is 5.16 Å². The van der Waals surface area contributed by atoms with Crippen molar-refractivity contribution in [1.29, 1.82) is 0 Å². The molecule has 0 aromatic heterocycles. The number of alkyl halides is 3. The van der Waals surface area contributed by atoms with Crippen molar-refractivity contribution in [3.05, 3.63) is 0 Å². The van der Waals surface area contributed by atoms with Gasteiger partial charge in [-0.2, -0.15) is 4.99 Å². The Labute approximate surface area is 70.0 Å². The summed E-state index contributed by atoms with van der Waals surface area (Å²) in [6, 6.07) is 0. The van der Waals surface area contributed by atoms with Crippen LogP contribution in [0.15, 0.2) is 4.99 Å². The number of hydrogen-bond donors (Lipinski definition) is 0. The molecule has 0 amide bonds. The molecule has 0 spiro atoms. The highest BCUT2D eigenvalue weighted by atomic mass is 32.1. The van der Waals surface area contributed by atoms with Gasteiger partial charge in [-0.1, -0.05) is 0 Å². The third-order valence-electron chi connectivity index (χ3n) is 0.968. The highest BCUT2D eigenvalue weighted by molar-refractivity contribution is 7.78. The minimum Gasteiger partial charge on any atom is -0.415 e. The topological polar surface area (TPSA) is 21.6 Å². The van der Waals surface area contributed by atoms with Gasteiger partial charge in [-0.25, -0.2) is 13.2 Å². The maximum atomic E-state index is 12.4. The summed E-state index contributed by atoms with van der Waals surface area (Å²) in [5.41, 5.74) is 0. The van der Waals surface area contributed by atoms with Gasteiger partial charge >= 0.3 is 0 Å². The fraction of sp³-hybridized carbons (Fsp3) is 0.750. The Morgan fingerprint density at radius 3 is 2.27 bits per heavy atom. The van der Waals surface area contributed by atoms with Crippen LogP contribution in [0.3, 0.4) is 0 Å². The van der Waals surface area contributed by atoms with E-state index in [2.05, 4.69) is 21.6 Å². The number of aliphatic imine (C=N–C) groups is 1. The van der Waals surface area contributed by atoms with Gasteiger partial charge in [0.2, 0.25) is 6.30 Å². The van der Waals surface area contributed by atoms with Crippen LogP contribution in [-0.2, 0) is 4.43 Å². The molecule has 0 aromatic rings. The molecule has 7 heteroatoms. The van der Waals surface area contributed by atoms with E-state index in [4.69, 9.17) is 0 Å². The first-order chi connectivity index (χ1) is 5.13. The first-order valence-corrected chi connectivity index (χ1v) is 3.88. The largest absolute Gasteiger partial charge is 0.415 e. The van der Waals surface area contributed by atoms with E-state index in [1.54, 1.807) is 5.16 Å². The van der Waals surface area contributed by atoms with Crippen molar-refractivity contribution in [2.24, 2.45) is 4.99 Å². The summed E-state index contributed by atoms with van der Waals surface area (Å²) >= 11 is 4.04. The first-order valence-electron chi connectivity index (χ1n) is 2.65. The Morgan fingerprint density at radius 1 is 1.45 bits per heavy atom. The third-order valence-corrected chi connectivity index (χ3v) is 1.62. The molecule has 0 fully saturated rings. The maximum Gasteiger partial charge on any atom is 0.267 e. The average Bonchev–Trinajstić information content (AvgIpc) is 1.88. The number of hydrogen-bond acceptors (Lipinski definition) is 3. The molecule has 0 heterocycles. The highest BCUT2D eigenvalue weighted by Crippen LogP contribution is 2.12. The highest BCUT2D eigenvalue weighted by Gasteiger charge is 2.28. The normalized spacial score (nSPS) is 16.0. The summed E-state index contributed by atoms with van der Waals surface area (Å²) in [7, 11) is 0.0332. The minimum absolute atomic E-state index is 0.0332. The van der Waals surface area contributed by atoms with E-state index in [0.717, 1.165) is 0 Å². The zero-order valence-electron chi connectivity index (χ0n) is 5.63. The summed E-state index contributed by atoms with van der Waals surface area (Å²) in [5.74, 6) is 0. The zero-order valence-corrected chi connectivity index (χ0v) is 8.45. The molecule has 11 heavy (non-hydrogen) atoms. The molecule has 0 saturated heterocycles. The van der Waals surface area contributed by atoms with E-state index in [0.29, 0.717) is 0 Å². The molecular formula is C4H6F3NOSSi. The molecule has 0 N–H and O–H groups in total. The second kappa shape index (κ2) is 5.42. The number of isothiocyanates is 1. The molecule has 64 valence electrons. The Bertz CT molecular complexity index is 163. The monoisotopic (exact) mass is 201 g/mol. The molecule has 0 aliphatic rings. The summed E-state index contributed by atoms with van der Waals surface area (Å²) in [4.78, 5) is 2.83. The smallest absolute Gasteiger partial charge is 0.267 e. The van der Waals surface area contributed by atoms with E-state index in [-0.39, 0.29) is 10.5 Å². The van der Waals surface area contributed by atoms with Crippen LogP contribution in [0.4, 0.5) is 13.2 Å². The number of rotatable bonds is 4. The van der Waals surface area contributed by atoms with Gasteiger partial charge < -0.3 is 4.43 Å². The van der Waals surface area contributed by atoms with Crippen molar-refractivity contribution in [3.8, 4) is 0 Å². The van der Waals surface area contributed by atoms with Crippen molar-refractivity contribution in [2.75, 3.05) is 0 Å². The van der Waals surface area contributed by atoms with Crippen LogP contribution in [0, 0.1) is 0 Å². The predicted molar refractivity (Wildman–Crippen MR) is 40.7 cm³/mol. The lowest BCUT2D eigenvalue weighted by atomic mass is 10.3. The quantitative estimate of drug-likeness (QED) is 0.283. The second-order valence-electron chi connectivity index (χ2n) is 1.63. The standard InChI is InChI=1S/C4H6F3NOSSi/c5-3(6)2(9-11)4(7)8-1-10/h2-4H,11H3. The van der Waals surface area contributed by atoms with Gasteiger partial charge in [-0.15, -0.1) is 0 Å². The molecule has 0 aliphatic carbocycles. The Hall–Kier alpha value is -0.233. The van der Waals surface area contributed by atoms with Gasteiger partial charge in [0.15, 0.2) is 6.10 Å². The van der Waals surface area contributed by atoms with Crippen molar-refractivity contribution >= 4 is 27.9 Å². The summed E-state index contributed by atoms with van der Waals surface area (Å²) in [5, 5.41) is 1.67. The molecule has 2 nitrogen and oxygen atoms in total. The number of thiocarbonyl (C=S) groups is 1. The minimum atomic E-state index is -2.88. The van der Waals surface area contributed by atoms with Gasteiger partial charge in [0.1, 0.15) is 10.5 Å². The van der Waals surface area contributed by atoms with Crippen LogP contribution < -0.4 is 0 Å². The van der Waals surface area contributed by atoms with E-state index in [1.807, 2.05) is 0 Å². The molecule has 0 aliphatic heterocycles. The summed E-state index contributed by atoms with van der Waals surface area (Å²) in [6.07, 6.45) is -6.78. The molecule has 2 atom stereocenters. The van der Waals surface area contributed by atoms with E-state index in [1.165, 1.54) is 0 Å². The summed E-state index contributed by atoms with van der Waals surface area (Å²) in [6.45, 7) is 0. The maximum absolute atomic E-state index is 12.4. The van der Waals surface area contributed by atoms with E-state index >= 15 is 0 Å². The molecule has 0 aromatic carbocycles. The van der Waals surface area contributed by atoms with Crippen molar-refractivity contribution in [2.45, 2.75) is 18.8 Å². The molecular weight excluding hydrogens is 195 g/mol. The molecule has 2 unspecified atom stereocenters. The van der Waals surface area contributed by atoms with E-state index in [9.17, 15) is 13.2 Å². The van der Waals surface area contributed by atoms with Gasteiger partial charge in [-0.05, 0) is 12.2 Å². The zero-order chi connectivity index (χ0) is 8.85. The van der Waals surface area contributed by atoms with Crippen molar-refractivity contribution < 1.29 is 17.6 Å². The second-order valence-corrected chi connectivity index (χ2v) is 2.28. The molecule has 0 rings (SSSR count). The fourth-order valence-electron chi connectivity index (χ4n) is 0.459. The molecule has 0 radical (unpaired) electrons. The predicted octanol–water partition coefficient (Wildman–Crippen LogP) is 0.316. The summed E-state index contributed by atoms with van der Waals surface area (Å²) < 4.78 is 40.3. The third kappa shape index (κ3) is 3.61. The molecule has 0 bridgehead atoms. The van der Waals surface area contributed by atoms with Crippen LogP contribution >= 0.6 is 12.2 Å². The van der Waals surface area contributed by atoms with Crippen molar-refractivity contribution in [3.63, 3.8) is 0 Å². The van der Waals surface area contributed by atoms with E-state index < -0.39 is 18.8 Å². The van der Waals surface area contributed by atoms with Crippen LogP contribution in [0.25, 0.3) is 0 Å². The number of halogens is 3.